The summed E-state index contributed by atoms with van der Waals surface area (Å²) in [5, 5.41) is 3.01. The molecule has 0 heterocycles. The van der Waals surface area contributed by atoms with Gasteiger partial charge in [-0.3, -0.25) is 4.79 Å². The van der Waals surface area contributed by atoms with E-state index in [9.17, 15) is 9.59 Å². The third-order valence-corrected chi connectivity index (χ3v) is 2.05. The topological polar surface area (TPSA) is 64.6 Å². The molecule has 5 nitrogen and oxygen atoms in total. The van der Waals surface area contributed by atoms with Gasteiger partial charge in [-0.2, -0.15) is 0 Å². The lowest BCUT2D eigenvalue weighted by atomic mass is 10.2. The van der Waals surface area contributed by atoms with Crippen LogP contribution in [0.5, 0.6) is 0 Å². The number of nitrogens with one attached hydrogen (secondary N) is 1. The molecule has 0 aromatic carbocycles. The average Bonchev–Trinajstić information content (AvgIpc) is 2.32. The normalized spacial score (nSPS) is 11.1. The minimum Gasteiger partial charge on any atom is -0.469 e. The molecule has 0 bridgehead atoms. The van der Waals surface area contributed by atoms with Gasteiger partial charge in [0.2, 0.25) is 0 Å². The molecule has 0 radical (unpaired) electrons. The Morgan fingerprint density at radius 2 is 1.94 bits per heavy atom. The van der Waals surface area contributed by atoms with Crippen LogP contribution in [0.15, 0.2) is 11.6 Å². The molecule has 1 N–H and O–H groups in total. The van der Waals surface area contributed by atoms with Crippen LogP contribution >= 0.6 is 0 Å². The van der Waals surface area contributed by atoms with E-state index in [1.807, 2.05) is 6.92 Å². The second-order valence-electron chi connectivity index (χ2n) is 3.10. The van der Waals surface area contributed by atoms with Crippen LogP contribution in [0.25, 0.3) is 0 Å². The van der Waals surface area contributed by atoms with E-state index in [0.717, 1.165) is 0 Å². The molecule has 0 fully saturated rings. The number of hydrogen-bond acceptors (Lipinski definition) is 5. The third kappa shape index (κ3) is 6.19. The van der Waals surface area contributed by atoms with Gasteiger partial charge in [0.15, 0.2) is 0 Å². The Bertz CT molecular complexity index is 261. The van der Waals surface area contributed by atoms with Crippen molar-refractivity contribution in [3.63, 3.8) is 0 Å². The van der Waals surface area contributed by atoms with Gasteiger partial charge in [0.05, 0.1) is 20.6 Å². The Kier molecular flexibility index (Phi) is 8.15. The zero-order valence-electron chi connectivity index (χ0n) is 10.0. The summed E-state index contributed by atoms with van der Waals surface area (Å²) in [5.41, 5.74) is 0.632. The van der Waals surface area contributed by atoms with Gasteiger partial charge in [-0.05, 0) is 6.42 Å². The molecule has 0 atom stereocenters. The van der Waals surface area contributed by atoms with Crippen molar-refractivity contribution in [1.82, 2.24) is 5.32 Å². The Morgan fingerprint density at radius 1 is 1.25 bits per heavy atom. The molecule has 16 heavy (non-hydrogen) atoms. The molecule has 0 spiro atoms. The predicted molar refractivity (Wildman–Crippen MR) is 59.9 cm³/mol. The van der Waals surface area contributed by atoms with Crippen LogP contribution in [-0.4, -0.2) is 39.2 Å². The second kappa shape index (κ2) is 8.91. The van der Waals surface area contributed by atoms with Crippen molar-refractivity contribution in [1.29, 1.82) is 0 Å². The van der Waals surface area contributed by atoms with Crippen molar-refractivity contribution in [2.45, 2.75) is 19.8 Å². The lowest BCUT2D eigenvalue weighted by molar-refractivity contribution is -0.140. The first-order valence-corrected chi connectivity index (χ1v) is 5.20. The number of methoxy groups -OCH3 is 2. The van der Waals surface area contributed by atoms with Crippen molar-refractivity contribution < 1.29 is 19.1 Å². The molecule has 0 unspecified atom stereocenters. The van der Waals surface area contributed by atoms with Crippen LogP contribution in [-0.2, 0) is 19.1 Å². The van der Waals surface area contributed by atoms with Crippen LogP contribution in [0.1, 0.15) is 19.8 Å². The summed E-state index contributed by atoms with van der Waals surface area (Å²) in [6, 6.07) is 0. The summed E-state index contributed by atoms with van der Waals surface area (Å²) in [5.74, 6) is -0.558. The fourth-order valence-electron chi connectivity index (χ4n) is 1.09. The summed E-state index contributed by atoms with van der Waals surface area (Å²) in [6.45, 7) is 2.95. The highest BCUT2D eigenvalue weighted by atomic mass is 16.5. The predicted octanol–water partition coefficient (Wildman–Crippen LogP) is 0.648. The van der Waals surface area contributed by atoms with Crippen molar-refractivity contribution in [2.24, 2.45) is 0 Å². The van der Waals surface area contributed by atoms with Crippen LogP contribution < -0.4 is 5.32 Å². The number of carbonyl (C=O) groups is 2. The Balaban J connectivity index is 3.80. The lowest BCUT2D eigenvalue weighted by Crippen LogP contribution is -2.19. The molecule has 0 amide bonds. The first-order chi connectivity index (χ1) is 7.65. The zero-order valence-corrected chi connectivity index (χ0v) is 10.0. The molecule has 0 aromatic heterocycles. The van der Waals surface area contributed by atoms with E-state index >= 15 is 0 Å². The highest BCUT2D eigenvalue weighted by Crippen LogP contribution is 2.01. The van der Waals surface area contributed by atoms with Crippen LogP contribution in [0.2, 0.25) is 0 Å². The van der Waals surface area contributed by atoms with E-state index < -0.39 is 0 Å². The maximum absolute atomic E-state index is 11.2. The molecule has 0 aliphatic heterocycles. The fraction of sp³-hybridized carbons (Fsp3) is 0.636. The number of ether oxygens (including phenoxy) is 2. The molecule has 92 valence electrons. The standard InChI is InChI=1S/C11H19NO4/c1-4-9(11(14)16-3)5-7-12-8-6-10(13)15-2/h5,12H,4,6-8H2,1-3H3. The van der Waals surface area contributed by atoms with E-state index in [1.165, 1.54) is 14.2 Å². The Morgan fingerprint density at radius 3 is 2.44 bits per heavy atom. The summed E-state index contributed by atoms with van der Waals surface area (Å²) in [6.07, 6.45) is 2.72. The van der Waals surface area contributed by atoms with Gasteiger partial charge in [-0.15, -0.1) is 0 Å². The minimum absolute atomic E-state index is 0.250. The SMILES string of the molecule is CCC(=CCNCCC(=O)OC)C(=O)OC. The van der Waals surface area contributed by atoms with Gasteiger partial charge >= 0.3 is 11.9 Å². The maximum Gasteiger partial charge on any atom is 0.333 e. The average molecular weight is 229 g/mol. The van der Waals surface area contributed by atoms with Gasteiger partial charge in [0, 0.05) is 18.7 Å². The summed E-state index contributed by atoms with van der Waals surface area (Å²) in [4.78, 5) is 21.9. The number of esters is 2. The van der Waals surface area contributed by atoms with Crippen LogP contribution in [0.3, 0.4) is 0 Å². The molecule has 0 saturated carbocycles. The van der Waals surface area contributed by atoms with Gasteiger partial charge in [0.25, 0.3) is 0 Å². The van der Waals surface area contributed by atoms with Crippen molar-refractivity contribution in [3.05, 3.63) is 11.6 Å². The number of rotatable bonds is 7. The fourth-order valence-corrected chi connectivity index (χ4v) is 1.09. The van der Waals surface area contributed by atoms with E-state index in [1.54, 1.807) is 6.08 Å². The van der Waals surface area contributed by atoms with E-state index in [4.69, 9.17) is 0 Å². The largest absolute Gasteiger partial charge is 0.469 e. The third-order valence-electron chi connectivity index (χ3n) is 2.05. The van der Waals surface area contributed by atoms with Crippen molar-refractivity contribution in [2.75, 3.05) is 27.3 Å². The first kappa shape index (κ1) is 14.6. The van der Waals surface area contributed by atoms with Crippen LogP contribution in [0.4, 0.5) is 0 Å². The van der Waals surface area contributed by atoms with E-state index in [0.29, 0.717) is 31.5 Å². The highest BCUT2D eigenvalue weighted by Gasteiger charge is 2.05. The first-order valence-electron chi connectivity index (χ1n) is 5.20. The van der Waals surface area contributed by atoms with Gasteiger partial charge in [0.1, 0.15) is 0 Å². The van der Waals surface area contributed by atoms with Crippen molar-refractivity contribution in [3.8, 4) is 0 Å². The second-order valence-corrected chi connectivity index (χ2v) is 3.10. The summed E-state index contributed by atoms with van der Waals surface area (Å²) in [7, 11) is 2.71. The summed E-state index contributed by atoms with van der Waals surface area (Å²) >= 11 is 0. The Labute approximate surface area is 95.8 Å². The Hall–Kier alpha value is -1.36. The molecule has 0 aliphatic carbocycles. The van der Waals surface area contributed by atoms with Gasteiger partial charge in [-0.1, -0.05) is 13.0 Å². The highest BCUT2D eigenvalue weighted by molar-refractivity contribution is 5.88. The minimum atomic E-state index is -0.308. The molecular weight excluding hydrogens is 210 g/mol. The van der Waals surface area contributed by atoms with E-state index in [-0.39, 0.29) is 11.9 Å². The molecular formula is C11H19NO4. The molecule has 0 aliphatic rings. The van der Waals surface area contributed by atoms with E-state index in [2.05, 4.69) is 14.8 Å². The number of carbonyl (C=O) groups excluding carboxylic acids is 2. The lowest BCUT2D eigenvalue weighted by Gasteiger charge is -2.03. The monoisotopic (exact) mass is 229 g/mol. The molecule has 5 heteroatoms. The van der Waals surface area contributed by atoms with Gasteiger partial charge in [-0.25, -0.2) is 4.79 Å². The molecule has 0 aromatic rings. The van der Waals surface area contributed by atoms with Crippen molar-refractivity contribution >= 4 is 11.9 Å². The smallest absolute Gasteiger partial charge is 0.333 e. The summed E-state index contributed by atoms with van der Waals surface area (Å²) < 4.78 is 9.09. The quantitative estimate of drug-likeness (QED) is 0.394. The van der Waals surface area contributed by atoms with Crippen LogP contribution in [0, 0.1) is 0 Å². The maximum atomic E-state index is 11.2. The zero-order chi connectivity index (χ0) is 12.4. The molecule has 0 saturated heterocycles. The number of hydrogen-bond donors (Lipinski definition) is 1. The molecule has 0 rings (SSSR count). The van der Waals surface area contributed by atoms with Gasteiger partial charge < -0.3 is 14.8 Å².